The third-order valence-electron chi connectivity index (χ3n) is 3.48. The normalized spacial score (nSPS) is 11.7. The number of carbonyl (C=O) groups is 1. The Morgan fingerprint density at radius 2 is 1.92 bits per heavy atom. The number of carbonyl (C=O) groups excluding carboxylic acids is 1. The summed E-state index contributed by atoms with van der Waals surface area (Å²) >= 11 is 3.47. The van der Waals surface area contributed by atoms with Gasteiger partial charge in [0.15, 0.2) is 5.82 Å². The molecular formula is C19H19BrN2O2. The predicted octanol–water partition coefficient (Wildman–Crippen LogP) is 5.38. The van der Waals surface area contributed by atoms with Crippen molar-refractivity contribution in [2.45, 2.75) is 31.7 Å². The van der Waals surface area contributed by atoms with Gasteiger partial charge in [-0.2, -0.15) is 0 Å². The van der Waals surface area contributed by atoms with Crippen LogP contribution >= 0.6 is 15.9 Å². The Bertz CT molecular complexity index is 894. The maximum atomic E-state index is 12.8. The van der Waals surface area contributed by atoms with Crippen LogP contribution in [0.2, 0.25) is 0 Å². The average molecular weight is 387 g/mol. The second kappa shape index (κ2) is 6.40. The van der Waals surface area contributed by atoms with E-state index in [9.17, 15) is 4.79 Å². The molecule has 0 aliphatic heterocycles. The number of aromatic nitrogens is 2. The van der Waals surface area contributed by atoms with Crippen molar-refractivity contribution in [3.8, 4) is 11.4 Å². The number of imidazole rings is 1. The van der Waals surface area contributed by atoms with E-state index in [0.717, 1.165) is 27.5 Å². The van der Waals surface area contributed by atoms with Crippen LogP contribution in [-0.4, -0.2) is 21.2 Å². The Morgan fingerprint density at radius 3 is 2.62 bits per heavy atom. The quantitative estimate of drug-likeness (QED) is 0.555. The van der Waals surface area contributed by atoms with E-state index in [2.05, 4.69) is 20.9 Å². The average Bonchev–Trinajstić information content (AvgIpc) is 2.93. The van der Waals surface area contributed by atoms with Crippen molar-refractivity contribution < 1.29 is 9.53 Å². The lowest BCUT2D eigenvalue weighted by Crippen LogP contribution is -2.27. The number of ether oxygens (including phenoxy) is 1. The second-order valence-corrected chi connectivity index (χ2v) is 7.13. The first-order chi connectivity index (χ1) is 11.4. The highest BCUT2D eigenvalue weighted by atomic mass is 79.9. The summed E-state index contributed by atoms with van der Waals surface area (Å²) in [5.74, 6) is 0.591. The molecule has 5 heteroatoms. The van der Waals surface area contributed by atoms with Gasteiger partial charge in [0, 0.05) is 10.9 Å². The Hall–Kier alpha value is -2.14. The largest absolute Gasteiger partial charge is 0.443 e. The van der Waals surface area contributed by atoms with Crippen LogP contribution in [-0.2, 0) is 10.1 Å². The van der Waals surface area contributed by atoms with Crippen LogP contribution in [0.15, 0.2) is 48.5 Å². The molecule has 0 saturated carbocycles. The number of rotatable bonds is 2. The Labute approximate surface area is 149 Å². The first kappa shape index (κ1) is 16.7. The summed E-state index contributed by atoms with van der Waals surface area (Å²) in [7, 11) is 0. The summed E-state index contributed by atoms with van der Waals surface area (Å²) in [6.07, 6.45) is -0.421. The van der Waals surface area contributed by atoms with Crippen LogP contribution in [0.5, 0.6) is 0 Å². The van der Waals surface area contributed by atoms with Gasteiger partial charge < -0.3 is 4.74 Å². The minimum absolute atomic E-state index is 0.421. The predicted molar refractivity (Wildman–Crippen MR) is 99.4 cm³/mol. The van der Waals surface area contributed by atoms with Crippen molar-refractivity contribution >= 4 is 33.1 Å². The van der Waals surface area contributed by atoms with Crippen LogP contribution < -0.4 is 0 Å². The molecule has 0 amide bonds. The molecule has 3 rings (SSSR count). The van der Waals surface area contributed by atoms with E-state index >= 15 is 0 Å². The maximum Gasteiger partial charge on any atom is 0.420 e. The molecule has 0 spiro atoms. The van der Waals surface area contributed by atoms with E-state index in [1.807, 2.05) is 69.3 Å². The number of fused-ring (bicyclic) bond motifs is 1. The van der Waals surface area contributed by atoms with Gasteiger partial charge in [-0.1, -0.05) is 46.3 Å². The van der Waals surface area contributed by atoms with Crippen LogP contribution in [0.3, 0.4) is 0 Å². The lowest BCUT2D eigenvalue weighted by Gasteiger charge is -2.20. The fraction of sp³-hybridized carbons (Fsp3) is 0.263. The fourth-order valence-corrected chi connectivity index (χ4v) is 2.85. The zero-order chi connectivity index (χ0) is 17.3. The molecule has 0 saturated heterocycles. The summed E-state index contributed by atoms with van der Waals surface area (Å²) in [5.41, 5.74) is 2.94. The first-order valence-corrected chi connectivity index (χ1v) is 8.87. The van der Waals surface area contributed by atoms with Crippen molar-refractivity contribution in [3.63, 3.8) is 0 Å². The number of alkyl halides is 1. The first-order valence-electron chi connectivity index (χ1n) is 7.75. The molecule has 0 radical (unpaired) electrons. The van der Waals surface area contributed by atoms with Gasteiger partial charge in [0.25, 0.3) is 0 Å². The number of para-hydroxylation sites is 2. The molecular weight excluding hydrogens is 368 g/mol. The molecule has 0 atom stereocenters. The second-order valence-electron chi connectivity index (χ2n) is 6.57. The van der Waals surface area contributed by atoms with E-state index in [0.29, 0.717) is 5.82 Å². The third-order valence-corrected chi connectivity index (χ3v) is 4.12. The van der Waals surface area contributed by atoms with E-state index in [1.54, 1.807) is 4.57 Å². The molecule has 124 valence electrons. The Kier molecular flexibility index (Phi) is 4.45. The van der Waals surface area contributed by atoms with Gasteiger partial charge in [0.2, 0.25) is 0 Å². The van der Waals surface area contributed by atoms with E-state index in [4.69, 9.17) is 4.74 Å². The molecule has 0 unspecified atom stereocenters. The van der Waals surface area contributed by atoms with E-state index in [1.165, 1.54) is 0 Å². The number of halogens is 1. The monoisotopic (exact) mass is 386 g/mol. The minimum Gasteiger partial charge on any atom is -0.443 e. The molecule has 0 aliphatic carbocycles. The van der Waals surface area contributed by atoms with Gasteiger partial charge in [-0.3, -0.25) is 0 Å². The van der Waals surface area contributed by atoms with E-state index < -0.39 is 11.7 Å². The fourth-order valence-electron chi connectivity index (χ4n) is 2.51. The molecule has 0 bridgehead atoms. The minimum atomic E-state index is -0.572. The van der Waals surface area contributed by atoms with Gasteiger partial charge in [-0.15, -0.1) is 0 Å². The highest BCUT2D eigenvalue weighted by Gasteiger charge is 2.23. The van der Waals surface area contributed by atoms with Gasteiger partial charge in [0.05, 0.1) is 11.0 Å². The number of hydrogen-bond acceptors (Lipinski definition) is 3. The van der Waals surface area contributed by atoms with Crippen molar-refractivity contribution in [1.82, 2.24) is 9.55 Å². The summed E-state index contributed by atoms with van der Waals surface area (Å²) < 4.78 is 7.13. The number of nitrogens with zero attached hydrogens (tertiary/aromatic N) is 2. The van der Waals surface area contributed by atoms with Crippen LogP contribution in [0.1, 0.15) is 26.3 Å². The lowest BCUT2D eigenvalue weighted by molar-refractivity contribution is 0.0546. The molecule has 3 aromatic rings. The zero-order valence-corrected chi connectivity index (χ0v) is 15.5. The molecule has 2 aromatic carbocycles. The van der Waals surface area contributed by atoms with Crippen molar-refractivity contribution in [2.24, 2.45) is 0 Å². The Balaban J connectivity index is 2.20. The summed E-state index contributed by atoms with van der Waals surface area (Å²) in [6.45, 7) is 5.57. The third kappa shape index (κ3) is 3.36. The molecule has 4 nitrogen and oxygen atoms in total. The maximum absolute atomic E-state index is 12.8. The number of benzene rings is 2. The smallest absolute Gasteiger partial charge is 0.420 e. The van der Waals surface area contributed by atoms with Gasteiger partial charge in [0.1, 0.15) is 5.60 Å². The van der Waals surface area contributed by atoms with Crippen molar-refractivity contribution in [3.05, 3.63) is 54.1 Å². The highest BCUT2D eigenvalue weighted by Crippen LogP contribution is 2.27. The van der Waals surface area contributed by atoms with Gasteiger partial charge in [-0.25, -0.2) is 14.3 Å². The topological polar surface area (TPSA) is 44.1 Å². The highest BCUT2D eigenvalue weighted by molar-refractivity contribution is 9.08. The van der Waals surface area contributed by atoms with Crippen LogP contribution in [0.4, 0.5) is 4.79 Å². The van der Waals surface area contributed by atoms with Gasteiger partial charge >= 0.3 is 6.09 Å². The summed E-state index contributed by atoms with van der Waals surface area (Å²) in [6, 6.07) is 15.5. The summed E-state index contributed by atoms with van der Waals surface area (Å²) in [5, 5.41) is 0.744. The molecule has 24 heavy (non-hydrogen) atoms. The van der Waals surface area contributed by atoms with Crippen LogP contribution in [0, 0.1) is 0 Å². The summed E-state index contributed by atoms with van der Waals surface area (Å²) in [4.78, 5) is 17.4. The van der Waals surface area contributed by atoms with Crippen molar-refractivity contribution in [2.75, 3.05) is 0 Å². The lowest BCUT2D eigenvalue weighted by atomic mass is 10.1. The zero-order valence-electron chi connectivity index (χ0n) is 13.9. The Morgan fingerprint density at radius 1 is 1.17 bits per heavy atom. The SMILES string of the molecule is CC(C)(C)OC(=O)n1c(-c2cccc(CBr)c2)nc2ccccc21. The van der Waals surface area contributed by atoms with Gasteiger partial charge in [-0.05, 0) is 44.5 Å². The molecule has 0 N–H and O–H groups in total. The molecule has 0 fully saturated rings. The molecule has 0 aliphatic rings. The van der Waals surface area contributed by atoms with E-state index in [-0.39, 0.29) is 0 Å². The molecule has 1 heterocycles. The van der Waals surface area contributed by atoms with Crippen LogP contribution in [0.25, 0.3) is 22.4 Å². The number of hydrogen-bond donors (Lipinski definition) is 0. The van der Waals surface area contributed by atoms with Crippen molar-refractivity contribution in [1.29, 1.82) is 0 Å². The molecule has 1 aromatic heterocycles. The standard InChI is InChI=1S/C19H19BrN2O2/c1-19(2,3)24-18(23)22-16-10-5-4-9-15(16)21-17(22)14-8-6-7-13(11-14)12-20/h4-11H,12H2,1-3H3.